The summed E-state index contributed by atoms with van der Waals surface area (Å²) >= 11 is 0. The van der Waals surface area contributed by atoms with Crippen LogP contribution in [0.3, 0.4) is 0 Å². The Kier molecular flexibility index (Phi) is 5.38. The molecule has 0 aromatic heterocycles. The van der Waals surface area contributed by atoms with E-state index in [1.807, 2.05) is 18.2 Å². The van der Waals surface area contributed by atoms with Gasteiger partial charge in [-0.15, -0.1) is 0 Å². The zero-order valence-corrected chi connectivity index (χ0v) is 15.4. The van der Waals surface area contributed by atoms with E-state index in [1.165, 1.54) is 30.3 Å². The van der Waals surface area contributed by atoms with Gasteiger partial charge in [-0.3, -0.25) is 0 Å². The molecular weight excluding hydrogens is 396 g/mol. The van der Waals surface area contributed by atoms with Crippen molar-refractivity contribution in [2.24, 2.45) is 0 Å². The Bertz CT molecular complexity index is 1030. The number of halogens is 3. The quantitative estimate of drug-likeness (QED) is 0.491. The zero-order valence-electron chi connectivity index (χ0n) is 13.7. The number of hydrogen-bond acceptors (Lipinski definition) is 3. The summed E-state index contributed by atoms with van der Waals surface area (Å²) in [6, 6.07) is 19.4. The second kappa shape index (κ2) is 7.43. The van der Waals surface area contributed by atoms with Gasteiger partial charge in [0.2, 0.25) is 0 Å². The molecule has 0 heterocycles. The lowest BCUT2D eigenvalue weighted by Gasteiger charge is -2.21. The maximum absolute atomic E-state index is 12.9. The van der Waals surface area contributed by atoms with Crippen LogP contribution in [0.25, 0.3) is 0 Å². The van der Waals surface area contributed by atoms with Gasteiger partial charge >= 0.3 is 6.18 Å². The molecule has 3 rings (SSSR count). The van der Waals surface area contributed by atoms with Crippen LogP contribution in [0.1, 0.15) is 5.56 Å². The van der Waals surface area contributed by atoms with E-state index >= 15 is 0 Å². The molecule has 140 valence electrons. The summed E-state index contributed by atoms with van der Waals surface area (Å²) in [5, 5.41) is 2.00. The average Bonchev–Trinajstić information content (AvgIpc) is 2.62. The smallest absolute Gasteiger partial charge is 0.416 e. The molecule has 0 fully saturated rings. The predicted molar refractivity (Wildman–Crippen MR) is 98.1 cm³/mol. The highest BCUT2D eigenvalue weighted by Crippen LogP contribution is 2.35. The predicted octanol–water partition coefficient (Wildman–Crippen LogP) is 3.37. The Morgan fingerprint density at radius 1 is 0.741 bits per heavy atom. The number of alkyl halides is 3. The zero-order chi connectivity index (χ0) is 19.7. The summed E-state index contributed by atoms with van der Waals surface area (Å²) < 4.78 is 72.7. The molecule has 1 unspecified atom stereocenters. The Labute approximate surface area is 156 Å². The number of rotatable bonds is 4. The van der Waals surface area contributed by atoms with Crippen LogP contribution in [0, 0.1) is 0 Å². The second-order valence-electron chi connectivity index (χ2n) is 5.67. The first-order chi connectivity index (χ1) is 12.7. The first kappa shape index (κ1) is 19.5. The number of hydrogen-bond donors (Lipinski definition) is 0. The van der Waals surface area contributed by atoms with Crippen LogP contribution in [-0.4, -0.2) is 13.0 Å². The normalized spacial score (nSPS) is 13.3. The lowest BCUT2D eigenvalue weighted by molar-refractivity contribution is -0.137. The van der Waals surface area contributed by atoms with E-state index in [1.54, 1.807) is 18.2 Å². The van der Waals surface area contributed by atoms with E-state index in [0.29, 0.717) is 10.6 Å². The third kappa shape index (κ3) is 4.56. The van der Waals surface area contributed by atoms with Crippen molar-refractivity contribution in [3.05, 3.63) is 84.4 Å². The van der Waals surface area contributed by atoms with Crippen molar-refractivity contribution in [1.29, 1.82) is 0 Å². The van der Waals surface area contributed by atoms with Gasteiger partial charge in [0.25, 0.3) is 0 Å². The molecule has 0 N–H and O–H groups in total. The summed E-state index contributed by atoms with van der Waals surface area (Å²) in [6.45, 7) is 0. The van der Waals surface area contributed by atoms with E-state index in [0.717, 1.165) is 17.4 Å². The van der Waals surface area contributed by atoms with Crippen molar-refractivity contribution in [3.8, 4) is 0 Å². The van der Waals surface area contributed by atoms with E-state index < -0.39 is 29.8 Å². The molecule has 3 aromatic rings. The van der Waals surface area contributed by atoms with Gasteiger partial charge in [-0.25, -0.2) is 8.42 Å². The molecule has 0 saturated heterocycles. The standard InChI is InChI=1S/C19H14F3O3PS/c20-19(21,22)14-9-11-16(12-10-14)26(15-5-2-1-3-6-15)17-7-4-8-18(13-17)27(23,24)25/h1-13H,(H,23,24,25)/p-1. The van der Waals surface area contributed by atoms with Gasteiger partial charge in [0, 0.05) is 0 Å². The van der Waals surface area contributed by atoms with Gasteiger partial charge in [-0.05, 0) is 48.1 Å². The van der Waals surface area contributed by atoms with Gasteiger partial charge in [0.1, 0.15) is 10.1 Å². The average molecular weight is 409 g/mol. The van der Waals surface area contributed by atoms with Crippen molar-refractivity contribution in [1.82, 2.24) is 0 Å². The van der Waals surface area contributed by atoms with Crippen molar-refractivity contribution >= 4 is 34.0 Å². The number of benzene rings is 3. The highest BCUT2D eigenvalue weighted by Gasteiger charge is 2.30. The van der Waals surface area contributed by atoms with E-state index in [4.69, 9.17) is 0 Å². The fourth-order valence-corrected chi connectivity index (χ4v) is 5.52. The summed E-state index contributed by atoms with van der Waals surface area (Å²) in [5.74, 6) is 0. The van der Waals surface area contributed by atoms with Crippen LogP contribution in [0.4, 0.5) is 13.2 Å². The van der Waals surface area contributed by atoms with Crippen LogP contribution in [0.15, 0.2) is 83.8 Å². The maximum atomic E-state index is 12.9. The Balaban J connectivity index is 2.14. The Morgan fingerprint density at radius 2 is 1.30 bits per heavy atom. The first-order valence-corrected chi connectivity index (χ1v) is 10.5. The lowest BCUT2D eigenvalue weighted by Crippen LogP contribution is -2.21. The van der Waals surface area contributed by atoms with Crippen LogP contribution in [-0.2, 0) is 16.3 Å². The molecule has 0 saturated carbocycles. The third-order valence-electron chi connectivity index (χ3n) is 3.83. The molecule has 0 aliphatic heterocycles. The van der Waals surface area contributed by atoms with Gasteiger partial charge in [-0.2, -0.15) is 13.2 Å². The SMILES string of the molecule is O=S(=O)([O-])c1cccc(P(c2ccccc2)c2ccc(C(F)(F)F)cc2)c1. The molecule has 3 aromatic carbocycles. The molecule has 3 nitrogen and oxygen atoms in total. The molecule has 0 spiro atoms. The Morgan fingerprint density at radius 3 is 1.85 bits per heavy atom. The minimum absolute atomic E-state index is 0.365. The van der Waals surface area contributed by atoms with Crippen molar-refractivity contribution in [2.45, 2.75) is 11.1 Å². The first-order valence-electron chi connectivity index (χ1n) is 7.75. The van der Waals surface area contributed by atoms with Gasteiger partial charge in [0.05, 0.1) is 10.5 Å². The fraction of sp³-hybridized carbons (Fsp3) is 0.0526. The van der Waals surface area contributed by atoms with Crippen molar-refractivity contribution in [3.63, 3.8) is 0 Å². The van der Waals surface area contributed by atoms with Crippen molar-refractivity contribution < 1.29 is 26.1 Å². The highest BCUT2D eigenvalue weighted by atomic mass is 32.2. The maximum Gasteiger partial charge on any atom is 0.416 e. The van der Waals surface area contributed by atoms with E-state index in [2.05, 4.69) is 0 Å². The molecule has 0 aliphatic carbocycles. The van der Waals surface area contributed by atoms with Crippen LogP contribution < -0.4 is 15.9 Å². The van der Waals surface area contributed by atoms with Crippen LogP contribution >= 0.6 is 7.92 Å². The monoisotopic (exact) mass is 409 g/mol. The molecular formula is C19H13F3O3PS-. The summed E-state index contributed by atoms with van der Waals surface area (Å²) in [7, 11) is -5.97. The molecule has 0 bridgehead atoms. The molecule has 0 amide bonds. The molecule has 1 atom stereocenters. The lowest BCUT2D eigenvalue weighted by atomic mass is 10.2. The minimum atomic E-state index is -4.64. The molecule has 8 heteroatoms. The second-order valence-corrected chi connectivity index (χ2v) is 9.27. The van der Waals surface area contributed by atoms with E-state index in [-0.39, 0.29) is 4.90 Å². The molecule has 27 heavy (non-hydrogen) atoms. The van der Waals surface area contributed by atoms with Gasteiger partial charge < -0.3 is 4.55 Å². The summed E-state index contributed by atoms with van der Waals surface area (Å²) in [4.78, 5) is -0.365. The summed E-state index contributed by atoms with van der Waals surface area (Å²) in [6.07, 6.45) is -4.44. The van der Waals surface area contributed by atoms with Gasteiger partial charge in [0.15, 0.2) is 0 Å². The topological polar surface area (TPSA) is 57.2 Å². The minimum Gasteiger partial charge on any atom is -0.744 e. The van der Waals surface area contributed by atoms with E-state index in [9.17, 15) is 26.1 Å². The highest BCUT2D eigenvalue weighted by molar-refractivity contribution is 7.86. The Hall–Kier alpha value is -2.21. The van der Waals surface area contributed by atoms with Crippen LogP contribution in [0.2, 0.25) is 0 Å². The molecule has 0 radical (unpaired) electrons. The third-order valence-corrected chi connectivity index (χ3v) is 7.09. The largest absolute Gasteiger partial charge is 0.744 e. The van der Waals surface area contributed by atoms with Gasteiger partial charge in [-0.1, -0.05) is 54.6 Å². The molecule has 0 aliphatic rings. The summed E-state index contributed by atoms with van der Waals surface area (Å²) in [5.41, 5.74) is -0.759. The van der Waals surface area contributed by atoms with Crippen molar-refractivity contribution in [2.75, 3.05) is 0 Å². The van der Waals surface area contributed by atoms with Crippen LogP contribution in [0.5, 0.6) is 0 Å². The fourth-order valence-electron chi connectivity index (χ4n) is 2.60.